The van der Waals surface area contributed by atoms with Gasteiger partial charge in [0.25, 0.3) is 0 Å². The molecule has 0 aliphatic rings. The van der Waals surface area contributed by atoms with Crippen molar-refractivity contribution in [1.29, 1.82) is 0 Å². The zero-order chi connectivity index (χ0) is 13.4. The monoisotopic (exact) mass is 251 g/mol. The van der Waals surface area contributed by atoms with Gasteiger partial charge in [-0.15, -0.1) is 0 Å². The van der Waals surface area contributed by atoms with Crippen LogP contribution in [-0.2, 0) is 6.54 Å². The highest BCUT2D eigenvalue weighted by Gasteiger charge is 2.15. The summed E-state index contributed by atoms with van der Waals surface area (Å²) < 4.78 is 0. The molecule has 0 saturated carbocycles. The van der Waals surface area contributed by atoms with Crippen LogP contribution in [0.25, 0.3) is 0 Å². The van der Waals surface area contributed by atoms with E-state index in [0.29, 0.717) is 12.6 Å². The van der Waals surface area contributed by atoms with E-state index in [-0.39, 0.29) is 6.61 Å². The fourth-order valence-corrected chi connectivity index (χ4v) is 2.24. The van der Waals surface area contributed by atoms with Gasteiger partial charge >= 0.3 is 0 Å². The number of aliphatic hydroxyl groups is 1. The molecule has 1 rings (SSSR count). The topological polar surface area (TPSA) is 48.4 Å². The van der Waals surface area contributed by atoms with E-state index in [2.05, 4.69) is 29.0 Å². The molecule has 1 aromatic heterocycles. The molecule has 0 saturated heterocycles. The number of nitrogens with one attached hydrogen (secondary N) is 1. The number of hydrogen-bond donors (Lipinski definition) is 2. The van der Waals surface area contributed by atoms with Crippen LogP contribution < -0.4 is 5.32 Å². The van der Waals surface area contributed by atoms with Gasteiger partial charge in [-0.05, 0) is 25.0 Å². The molecule has 2 N–H and O–H groups in total. The summed E-state index contributed by atoms with van der Waals surface area (Å²) in [5, 5.41) is 12.2. The van der Waals surface area contributed by atoms with Gasteiger partial charge in [-0.2, -0.15) is 0 Å². The minimum absolute atomic E-state index is 0.197. The van der Waals surface area contributed by atoms with E-state index < -0.39 is 0 Å². The molecule has 0 atom stereocenters. The summed E-state index contributed by atoms with van der Waals surface area (Å²) in [6, 6.07) is 6.51. The average molecular weight is 251 g/mol. The third kappa shape index (κ3) is 4.27. The molecule has 0 spiro atoms. The van der Waals surface area contributed by atoms with Crippen LogP contribution in [0.1, 0.15) is 32.4 Å². The fraction of sp³-hybridized carbons (Fsp3) is 0.643. The van der Waals surface area contributed by atoms with Crippen molar-refractivity contribution in [3.8, 4) is 0 Å². The van der Waals surface area contributed by atoms with Gasteiger partial charge < -0.3 is 10.4 Å². The lowest BCUT2D eigenvalue weighted by Crippen LogP contribution is -2.36. The van der Waals surface area contributed by atoms with Crippen molar-refractivity contribution >= 4 is 5.82 Å². The van der Waals surface area contributed by atoms with E-state index in [1.165, 1.54) is 0 Å². The minimum atomic E-state index is 0.197. The van der Waals surface area contributed by atoms with E-state index in [1.807, 2.05) is 25.2 Å². The summed E-state index contributed by atoms with van der Waals surface area (Å²) in [5.41, 5.74) is 1.04. The smallest absolute Gasteiger partial charge is 0.126 e. The lowest BCUT2D eigenvalue weighted by Gasteiger charge is -2.29. The number of anilines is 1. The quantitative estimate of drug-likeness (QED) is 0.743. The van der Waals surface area contributed by atoms with E-state index >= 15 is 0 Å². The van der Waals surface area contributed by atoms with Crippen molar-refractivity contribution in [3.63, 3.8) is 0 Å². The van der Waals surface area contributed by atoms with Gasteiger partial charge in [-0.25, -0.2) is 4.98 Å². The Kier molecular flexibility index (Phi) is 6.68. The number of aliphatic hydroxyl groups excluding tert-OH is 1. The molecule has 1 heterocycles. The molecule has 0 aliphatic carbocycles. The zero-order valence-corrected chi connectivity index (χ0v) is 11.7. The second kappa shape index (κ2) is 8.06. The first-order valence-electron chi connectivity index (χ1n) is 6.73. The molecule has 0 fully saturated rings. The predicted octanol–water partition coefficient (Wildman–Crippen LogP) is 2.11. The Labute approximate surface area is 110 Å². The van der Waals surface area contributed by atoms with Gasteiger partial charge in [0.2, 0.25) is 0 Å². The van der Waals surface area contributed by atoms with Gasteiger partial charge in [0.15, 0.2) is 0 Å². The van der Waals surface area contributed by atoms with Crippen LogP contribution in [0.4, 0.5) is 5.82 Å². The van der Waals surface area contributed by atoms with Gasteiger partial charge in [-0.3, -0.25) is 4.90 Å². The first-order valence-corrected chi connectivity index (χ1v) is 6.73. The van der Waals surface area contributed by atoms with Gasteiger partial charge in [0.05, 0.1) is 12.3 Å². The average Bonchev–Trinajstić information content (AvgIpc) is 2.40. The van der Waals surface area contributed by atoms with Gasteiger partial charge in [-0.1, -0.05) is 19.9 Å². The zero-order valence-electron chi connectivity index (χ0n) is 11.7. The van der Waals surface area contributed by atoms with Crippen LogP contribution in [-0.4, -0.2) is 41.2 Å². The SMILES string of the molecule is CCC(CC)N(CCO)Cc1cccc(NC)n1. The summed E-state index contributed by atoms with van der Waals surface area (Å²) in [6.07, 6.45) is 2.20. The molecule has 102 valence electrons. The molecule has 4 nitrogen and oxygen atoms in total. The third-order valence-electron chi connectivity index (χ3n) is 3.27. The Morgan fingerprint density at radius 2 is 2.06 bits per heavy atom. The normalized spacial score (nSPS) is 11.2. The summed E-state index contributed by atoms with van der Waals surface area (Å²) in [7, 11) is 1.87. The lowest BCUT2D eigenvalue weighted by molar-refractivity contribution is 0.135. The number of rotatable bonds is 8. The predicted molar refractivity (Wildman–Crippen MR) is 75.6 cm³/mol. The molecule has 1 aromatic rings. The fourth-order valence-electron chi connectivity index (χ4n) is 2.24. The Bertz CT molecular complexity index is 340. The van der Waals surface area contributed by atoms with Crippen molar-refractivity contribution in [3.05, 3.63) is 23.9 Å². The van der Waals surface area contributed by atoms with E-state index in [4.69, 9.17) is 0 Å². The number of pyridine rings is 1. The van der Waals surface area contributed by atoms with Crippen LogP contribution in [0.15, 0.2) is 18.2 Å². The number of aromatic nitrogens is 1. The van der Waals surface area contributed by atoms with Crippen molar-refractivity contribution in [2.45, 2.75) is 39.3 Å². The van der Waals surface area contributed by atoms with Crippen LogP contribution in [0.5, 0.6) is 0 Å². The first kappa shape index (κ1) is 14.9. The molecular formula is C14H25N3O. The van der Waals surface area contributed by atoms with Crippen LogP contribution in [0.2, 0.25) is 0 Å². The maximum Gasteiger partial charge on any atom is 0.126 e. The molecule has 0 aliphatic heterocycles. The van der Waals surface area contributed by atoms with Crippen molar-refractivity contribution in [2.24, 2.45) is 0 Å². The maximum absolute atomic E-state index is 9.18. The van der Waals surface area contributed by atoms with E-state index in [0.717, 1.165) is 30.9 Å². The van der Waals surface area contributed by atoms with Crippen LogP contribution in [0, 0.1) is 0 Å². The van der Waals surface area contributed by atoms with E-state index in [9.17, 15) is 5.11 Å². The Balaban J connectivity index is 2.75. The molecule has 0 radical (unpaired) electrons. The Morgan fingerprint density at radius 3 is 2.61 bits per heavy atom. The van der Waals surface area contributed by atoms with Crippen LogP contribution >= 0.6 is 0 Å². The maximum atomic E-state index is 9.18. The van der Waals surface area contributed by atoms with Gasteiger partial charge in [0.1, 0.15) is 5.82 Å². The number of hydrogen-bond acceptors (Lipinski definition) is 4. The Morgan fingerprint density at radius 1 is 1.33 bits per heavy atom. The van der Waals surface area contributed by atoms with Crippen molar-refractivity contribution in [2.75, 3.05) is 25.5 Å². The van der Waals surface area contributed by atoms with Crippen molar-refractivity contribution in [1.82, 2.24) is 9.88 Å². The minimum Gasteiger partial charge on any atom is -0.395 e. The standard InChI is InChI=1S/C14H25N3O/c1-4-13(5-2)17(9-10-18)11-12-7-6-8-14(15-3)16-12/h6-8,13,18H,4-5,9-11H2,1-3H3,(H,15,16). The summed E-state index contributed by atoms with van der Waals surface area (Å²) in [4.78, 5) is 6.84. The summed E-state index contributed by atoms with van der Waals surface area (Å²) in [6.45, 7) is 6.08. The van der Waals surface area contributed by atoms with Crippen molar-refractivity contribution < 1.29 is 5.11 Å². The van der Waals surface area contributed by atoms with E-state index in [1.54, 1.807) is 0 Å². The second-order valence-corrected chi connectivity index (χ2v) is 4.43. The van der Waals surface area contributed by atoms with Gasteiger partial charge in [0, 0.05) is 26.2 Å². The van der Waals surface area contributed by atoms with Crippen LogP contribution in [0.3, 0.4) is 0 Å². The molecule has 0 unspecified atom stereocenters. The molecule has 0 bridgehead atoms. The summed E-state index contributed by atoms with van der Waals surface area (Å²) >= 11 is 0. The molecular weight excluding hydrogens is 226 g/mol. The third-order valence-corrected chi connectivity index (χ3v) is 3.27. The second-order valence-electron chi connectivity index (χ2n) is 4.43. The number of nitrogens with zero attached hydrogens (tertiary/aromatic N) is 2. The Hall–Kier alpha value is -1.13. The highest BCUT2D eigenvalue weighted by molar-refractivity contribution is 5.34. The highest BCUT2D eigenvalue weighted by Crippen LogP contribution is 2.13. The lowest BCUT2D eigenvalue weighted by atomic mass is 10.1. The highest BCUT2D eigenvalue weighted by atomic mass is 16.3. The molecule has 0 amide bonds. The molecule has 0 aromatic carbocycles. The molecule has 18 heavy (non-hydrogen) atoms. The molecule has 4 heteroatoms. The summed E-state index contributed by atoms with van der Waals surface area (Å²) in [5.74, 6) is 0.890. The first-order chi connectivity index (χ1) is 8.74. The largest absolute Gasteiger partial charge is 0.395 e.